The van der Waals surface area contributed by atoms with Crippen LogP contribution in [0.1, 0.15) is 23.0 Å². The zero-order valence-corrected chi connectivity index (χ0v) is 13.9. The summed E-state index contributed by atoms with van der Waals surface area (Å²) in [4.78, 5) is 34.3. The number of nitrogens with one attached hydrogen (secondary N) is 1. The fourth-order valence-corrected chi connectivity index (χ4v) is 1.90. The van der Waals surface area contributed by atoms with Crippen LogP contribution in [0.2, 0.25) is 0 Å². The van der Waals surface area contributed by atoms with Crippen molar-refractivity contribution in [3.05, 3.63) is 47.8 Å². The fraction of sp³-hybridized carbons (Fsp3) is 0.250. The van der Waals surface area contributed by atoms with Gasteiger partial charge in [-0.15, -0.1) is 0 Å². The Morgan fingerprint density at radius 1 is 1.11 bits per heavy atom. The summed E-state index contributed by atoms with van der Waals surface area (Å²) in [5, 5.41) is 5.72. The summed E-state index contributed by atoms with van der Waals surface area (Å²) in [6, 6.07) is 5.42. The molecular formula is C16H14F3N3O5. The highest BCUT2D eigenvalue weighted by Gasteiger charge is 2.30. The molecule has 0 saturated carbocycles. The molecule has 0 aliphatic carbocycles. The highest BCUT2D eigenvalue weighted by molar-refractivity contribution is 5.94. The molecule has 0 radical (unpaired) electrons. The van der Waals surface area contributed by atoms with Crippen molar-refractivity contribution in [3.8, 4) is 5.69 Å². The van der Waals surface area contributed by atoms with Crippen molar-refractivity contribution in [2.75, 3.05) is 13.2 Å². The van der Waals surface area contributed by atoms with Gasteiger partial charge in [-0.1, -0.05) is 0 Å². The minimum Gasteiger partial charge on any atom is -0.451 e. The third-order valence-corrected chi connectivity index (χ3v) is 3.11. The molecule has 2 amide bonds. The molecule has 2 rings (SSSR count). The Kier molecular flexibility index (Phi) is 6.16. The van der Waals surface area contributed by atoms with Crippen LogP contribution < -0.4 is 5.32 Å². The Morgan fingerprint density at radius 3 is 2.37 bits per heavy atom. The zero-order valence-electron chi connectivity index (χ0n) is 13.9. The number of ether oxygens (including phenoxy) is 2. The molecule has 0 aliphatic heterocycles. The molecular weight excluding hydrogens is 371 g/mol. The third kappa shape index (κ3) is 5.56. The number of hydrogen-bond acceptors (Lipinski definition) is 6. The number of alkyl halides is 3. The summed E-state index contributed by atoms with van der Waals surface area (Å²) in [6.07, 6.45) is -4.08. The van der Waals surface area contributed by atoms with E-state index in [2.05, 4.69) is 9.84 Å². The van der Waals surface area contributed by atoms with Crippen molar-refractivity contribution in [2.24, 2.45) is 0 Å². The minimum atomic E-state index is -4.46. The highest BCUT2D eigenvalue weighted by atomic mass is 19.4. The first kappa shape index (κ1) is 19.9. The molecule has 0 saturated heterocycles. The normalized spacial score (nSPS) is 11.0. The molecule has 1 N–H and O–H groups in total. The molecule has 0 bridgehead atoms. The molecule has 144 valence electrons. The quantitative estimate of drug-likeness (QED) is 0.793. The standard InChI is InChI=1S/C16H14F3N3O5/c1-2-26-15(25)20-13(23)9-27-14(24)12-7-8-22(21-12)11-5-3-10(4-6-11)16(17,18)19/h3-8H,2,9H2,1H3,(H,20,23,25). The zero-order chi connectivity index (χ0) is 20.0. The van der Waals surface area contributed by atoms with Crippen molar-refractivity contribution >= 4 is 18.0 Å². The van der Waals surface area contributed by atoms with Gasteiger partial charge in [-0.3, -0.25) is 10.1 Å². The van der Waals surface area contributed by atoms with Gasteiger partial charge in [-0.05, 0) is 37.3 Å². The molecule has 2 aromatic rings. The Labute approximate surface area is 150 Å². The molecule has 0 spiro atoms. The average molecular weight is 385 g/mol. The maximum Gasteiger partial charge on any atom is 0.416 e. The van der Waals surface area contributed by atoms with Crippen LogP contribution in [0.15, 0.2) is 36.5 Å². The van der Waals surface area contributed by atoms with Gasteiger partial charge in [-0.25, -0.2) is 14.3 Å². The largest absolute Gasteiger partial charge is 0.451 e. The molecule has 0 fully saturated rings. The SMILES string of the molecule is CCOC(=O)NC(=O)COC(=O)c1ccn(-c2ccc(C(F)(F)F)cc2)n1. The van der Waals surface area contributed by atoms with Crippen molar-refractivity contribution < 1.29 is 37.0 Å². The smallest absolute Gasteiger partial charge is 0.416 e. The van der Waals surface area contributed by atoms with Crippen LogP contribution >= 0.6 is 0 Å². The van der Waals surface area contributed by atoms with Crippen LogP contribution in [0.3, 0.4) is 0 Å². The van der Waals surface area contributed by atoms with Crippen LogP contribution in [-0.2, 0) is 20.4 Å². The maximum atomic E-state index is 12.6. The second-order valence-electron chi connectivity index (χ2n) is 5.03. The molecule has 1 aromatic carbocycles. The second kappa shape index (κ2) is 8.34. The fourth-order valence-electron chi connectivity index (χ4n) is 1.90. The van der Waals surface area contributed by atoms with Gasteiger partial charge in [0, 0.05) is 6.20 Å². The topological polar surface area (TPSA) is 99.5 Å². The number of carbonyl (C=O) groups excluding carboxylic acids is 3. The van der Waals surface area contributed by atoms with Gasteiger partial charge < -0.3 is 9.47 Å². The first-order chi connectivity index (χ1) is 12.7. The van der Waals surface area contributed by atoms with E-state index >= 15 is 0 Å². The van der Waals surface area contributed by atoms with E-state index in [0.29, 0.717) is 5.69 Å². The second-order valence-corrected chi connectivity index (χ2v) is 5.03. The van der Waals surface area contributed by atoms with Crippen LogP contribution in [0.25, 0.3) is 5.69 Å². The lowest BCUT2D eigenvalue weighted by atomic mass is 10.2. The number of aromatic nitrogens is 2. The lowest BCUT2D eigenvalue weighted by molar-refractivity contribution is -0.137. The molecule has 11 heteroatoms. The van der Waals surface area contributed by atoms with Crippen molar-refractivity contribution in [1.82, 2.24) is 15.1 Å². The lowest BCUT2D eigenvalue weighted by Gasteiger charge is -2.07. The van der Waals surface area contributed by atoms with E-state index in [9.17, 15) is 27.6 Å². The van der Waals surface area contributed by atoms with Crippen LogP contribution in [0, 0.1) is 0 Å². The highest BCUT2D eigenvalue weighted by Crippen LogP contribution is 2.29. The number of nitrogens with zero attached hydrogens (tertiary/aromatic N) is 2. The Bertz CT molecular complexity index is 831. The van der Waals surface area contributed by atoms with E-state index < -0.39 is 36.3 Å². The average Bonchev–Trinajstić information content (AvgIpc) is 3.09. The Hall–Kier alpha value is -3.37. The van der Waals surface area contributed by atoms with E-state index in [0.717, 1.165) is 12.1 Å². The number of esters is 1. The maximum absolute atomic E-state index is 12.6. The van der Waals surface area contributed by atoms with Gasteiger partial charge in [0.25, 0.3) is 5.91 Å². The first-order valence-electron chi connectivity index (χ1n) is 7.57. The number of imide groups is 1. The third-order valence-electron chi connectivity index (χ3n) is 3.11. The molecule has 1 heterocycles. The number of rotatable bonds is 5. The van der Waals surface area contributed by atoms with E-state index in [1.54, 1.807) is 6.92 Å². The van der Waals surface area contributed by atoms with Gasteiger partial charge in [-0.2, -0.15) is 18.3 Å². The van der Waals surface area contributed by atoms with E-state index in [-0.39, 0.29) is 12.3 Å². The number of carbonyl (C=O) groups is 3. The predicted molar refractivity (Wildman–Crippen MR) is 84.0 cm³/mol. The molecule has 27 heavy (non-hydrogen) atoms. The van der Waals surface area contributed by atoms with Crippen molar-refractivity contribution in [1.29, 1.82) is 0 Å². The number of hydrogen-bond donors (Lipinski definition) is 1. The van der Waals surface area contributed by atoms with Crippen LogP contribution in [0.5, 0.6) is 0 Å². The van der Waals surface area contributed by atoms with Crippen molar-refractivity contribution in [3.63, 3.8) is 0 Å². The molecule has 0 aliphatic rings. The lowest BCUT2D eigenvalue weighted by Crippen LogP contribution is -2.34. The number of amides is 2. The molecule has 0 atom stereocenters. The Balaban J connectivity index is 1.95. The van der Waals surface area contributed by atoms with Gasteiger partial charge in [0.15, 0.2) is 12.3 Å². The van der Waals surface area contributed by atoms with Gasteiger partial charge in [0.2, 0.25) is 0 Å². The predicted octanol–water partition coefficient (Wildman–Crippen LogP) is 2.32. The Morgan fingerprint density at radius 2 is 1.78 bits per heavy atom. The summed E-state index contributed by atoms with van der Waals surface area (Å²) < 4.78 is 48.0. The van der Waals surface area contributed by atoms with E-state index in [1.165, 1.54) is 29.1 Å². The van der Waals surface area contributed by atoms with Gasteiger partial charge in [0.1, 0.15) is 0 Å². The molecule has 0 unspecified atom stereocenters. The van der Waals surface area contributed by atoms with Gasteiger partial charge >= 0.3 is 18.2 Å². The monoisotopic (exact) mass is 385 g/mol. The summed E-state index contributed by atoms with van der Waals surface area (Å²) in [7, 11) is 0. The number of halogens is 3. The molecule has 1 aromatic heterocycles. The number of alkyl carbamates (subject to hydrolysis) is 1. The minimum absolute atomic E-state index is 0.0697. The van der Waals surface area contributed by atoms with E-state index in [4.69, 9.17) is 4.74 Å². The van der Waals surface area contributed by atoms with Crippen LogP contribution in [-0.4, -0.2) is 41.0 Å². The number of benzene rings is 1. The van der Waals surface area contributed by atoms with Crippen LogP contribution in [0.4, 0.5) is 18.0 Å². The molecule has 8 nitrogen and oxygen atoms in total. The van der Waals surface area contributed by atoms with E-state index in [1.807, 2.05) is 5.32 Å². The van der Waals surface area contributed by atoms with Crippen molar-refractivity contribution in [2.45, 2.75) is 13.1 Å². The van der Waals surface area contributed by atoms with Gasteiger partial charge in [0.05, 0.1) is 17.9 Å². The first-order valence-corrected chi connectivity index (χ1v) is 7.57. The summed E-state index contributed by atoms with van der Waals surface area (Å²) in [5.74, 6) is -1.83. The summed E-state index contributed by atoms with van der Waals surface area (Å²) in [6.45, 7) is 0.891. The summed E-state index contributed by atoms with van der Waals surface area (Å²) >= 11 is 0. The summed E-state index contributed by atoms with van der Waals surface area (Å²) in [5.41, 5.74) is -0.688.